The monoisotopic (exact) mass is 417 g/mol. The molecular weight excluding hydrogens is 394 g/mol. The van der Waals surface area contributed by atoms with Crippen LogP contribution in [0.5, 0.6) is 0 Å². The first-order valence-electron chi connectivity index (χ1n) is 10.1. The summed E-state index contributed by atoms with van der Waals surface area (Å²) in [6.07, 6.45) is 2.82. The summed E-state index contributed by atoms with van der Waals surface area (Å²) in [4.78, 5) is 12.9. The van der Waals surface area contributed by atoms with Gasteiger partial charge in [0.15, 0.2) is 0 Å². The predicted molar refractivity (Wildman–Crippen MR) is 122 cm³/mol. The Bertz CT molecular complexity index is 1180. The molecule has 0 aliphatic carbocycles. The molecule has 4 rings (SSSR count). The highest BCUT2D eigenvalue weighted by Crippen LogP contribution is 2.20. The van der Waals surface area contributed by atoms with E-state index in [1.54, 1.807) is 0 Å². The van der Waals surface area contributed by atoms with E-state index in [-0.39, 0.29) is 11.9 Å². The Balaban J connectivity index is 1.54. The van der Waals surface area contributed by atoms with Crippen LogP contribution in [0.25, 0.3) is 10.9 Å². The van der Waals surface area contributed by atoms with E-state index in [1.165, 1.54) is 5.56 Å². The molecule has 1 heterocycles. The number of aryl methyl sites for hydroxylation is 1. The maximum atomic E-state index is 12.9. The van der Waals surface area contributed by atoms with Gasteiger partial charge in [-0.2, -0.15) is 5.10 Å². The highest BCUT2D eigenvalue weighted by atomic mass is 35.5. The fraction of sp³-hybridized carbons (Fsp3) is 0.200. The van der Waals surface area contributed by atoms with Crippen LogP contribution < -0.4 is 5.32 Å². The van der Waals surface area contributed by atoms with E-state index in [4.69, 9.17) is 11.6 Å². The number of amides is 1. The zero-order chi connectivity index (χ0) is 21.1. The minimum atomic E-state index is -0.0977. The molecule has 1 unspecified atom stereocenters. The van der Waals surface area contributed by atoms with Gasteiger partial charge >= 0.3 is 0 Å². The molecule has 0 bridgehead atoms. The van der Waals surface area contributed by atoms with Crippen LogP contribution in [0.1, 0.15) is 46.9 Å². The SMILES string of the molecule is CCc1ccc(C(C)NC(=O)c2ccc3cnn(Cc4cccc(Cl)c4)c3c2)cc1. The molecule has 0 saturated heterocycles. The minimum Gasteiger partial charge on any atom is -0.346 e. The molecule has 1 aromatic heterocycles. The van der Waals surface area contributed by atoms with E-state index in [9.17, 15) is 4.79 Å². The zero-order valence-electron chi connectivity index (χ0n) is 17.1. The first-order chi connectivity index (χ1) is 14.5. The third-order valence-electron chi connectivity index (χ3n) is 5.36. The summed E-state index contributed by atoms with van der Waals surface area (Å²) in [6, 6.07) is 21.7. The lowest BCUT2D eigenvalue weighted by Gasteiger charge is -2.15. The molecule has 0 saturated carbocycles. The van der Waals surface area contributed by atoms with Gasteiger partial charge < -0.3 is 5.32 Å². The number of halogens is 1. The first-order valence-corrected chi connectivity index (χ1v) is 10.5. The van der Waals surface area contributed by atoms with Crippen molar-refractivity contribution >= 4 is 28.4 Å². The van der Waals surface area contributed by atoms with E-state index < -0.39 is 0 Å². The Morgan fingerprint density at radius 1 is 1.07 bits per heavy atom. The van der Waals surface area contributed by atoms with Gasteiger partial charge in [-0.25, -0.2) is 0 Å². The van der Waals surface area contributed by atoms with Gasteiger partial charge in [-0.15, -0.1) is 0 Å². The molecule has 1 amide bonds. The molecule has 4 nitrogen and oxygen atoms in total. The Kier molecular flexibility index (Phi) is 5.86. The highest BCUT2D eigenvalue weighted by molar-refractivity contribution is 6.30. The van der Waals surface area contributed by atoms with Crippen molar-refractivity contribution in [3.8, 4) is 0 Å². The molecule has 0 fully saturated rings. The number of rotatable bonds is 6. The Morgan fingerprint density at radius 2 is 1.87 bits per heavy atom. The summed E-state index contributed by atoms with van der Waals surface area (Å²) in [6.45, 7) is 4.73. The van der Waals surface area contributed by atoms with Gasteiger partial charge in [0.1, 0.15) is 0 Å². The number of hydrogen-bond donors (Lipinski definition) is 1. The van der Waals surface area contributed by atoms with Crippen molar-refractivity contribution in [2.24, 2.45) is 0 Å². The van der Waals surface area contributed by atoms with Crippen LogP contribution in [0.3, 0.4) is 0 Å². The highest BCUT2D eigenvalue weighted by Gasteiger charge is 2.13. The second kappa shape index (κ2) is 8.72. The molecule has 0 aliphatic rings. The lowest BCUT2D eigenvalue weighted by atomic mass is 10.0. The lowest BCUT2D eigenvalue weighted by molar-refractivity contribution is 0.0940. The average Bonchev–Trinajstić information content (AvgIpc) is 3.15. The first kappa shape index (κ1) is 20.2. The maximum absolute atomic E-state index is 12.9. The van der Waals surface area contributed by atoms with Crippen LogP contribution >= 0.6 is 11.6 Å². The molecular formula is C25H24ClN3O. The molecule has 0 spiro atoms. The van der Waals surface area contributed by atoms with Gasteiger partial charge in [0.05, 0.1) is 24.3 Å². The van der Waals surface area contributed by atoms with Crippen molar-refractivity contribution in [3.05, 3.63) is 100 Å². The van der Waals surface area contributed by atoms with E-state index >= 15 is 0 Å². The summed E-state index contributed by atoms with van der Waals surface area (Å²) in [7, 11) is 0. The van der Waals surface area contributed by atoms with Gasteiger partial charge in [0.25, 0.3) is 5.91 Å². The fourth-order valence-electron chi connectivity index (χ4n) is 3.55. The average molecular weight is 418 g/mol. The van der Waals surface area contributed by atoms with Crippen LogP contribution in [0.4, 0.5) is 0 Å². The normalized spacial score (nSPS) is 12.1. The van der Waals surface area contributed by atoms with E-state index in [0.717, 1.165) is 28.5 Å². The van der Waals surface area contributed by atoms with Gasteiger partial charge in [-0.05, 0) is 54.3 Å². The van der Waals surface area contributed by atoms with Gasteiger partial charge in [0.2, 0.25) is 0 Å². The molecule has 0 aliphatic heterocycles. The zero-order valence-corrected chi connectivity index (χ0v) is 17.9. The predicted octanol–water partition coefficient (Wildman–Crippen LogP) is 5.79. The largest absolute Gasteiger partial charge is 0.346 e. The maximum Gasteiger partial charge on any atom is 0.251 e. The van der Waals surface area contributed by atoms with Crippen molar-refractivity contribution in [1.82, 2.24) is 15.1 Å². The number of aromatic nitrogens is 2. The Hall–Kier alpha value is -3.11. The standard InChI is InChI=1S/C25H24ClN3O/c1-3-18-7-9-20(10-8-18)17(2)28-25(30)21-11-12-22-15-27-29(24(22)14-21)16-19-5-4-6-23(26)13-19/h4-15,17H,3,16H2,1-2H3,(H,28,30). The smallest absolute Gasteiger partial charge is 0.251 e. The van der Waals surface area contributed by atoms with Crippen molar-refractivity contribution in [2.75, 3.05) is 0 Å². The van der Waals surface area contributed by atoms with Crippen LogP contribution in [-0.4, -0.2) is 15.7 Å². The number of benzene rings is 3. The summed E-state index contributed by atoms with van der Waals surface area (Å²) >= 11 is 6.10. The van der Waals surface area contributed by atoms with Crippen LogP contribution in [0.2, 0.25) is 5.02 Å². The number of nitrogens with one attached hydrogen (secondary N) is 1. The second-order valence-corrected chi connectivity index (χ2v) is 7.93. The summed E-state index contributed by atoms with van der Waals surface area (Å²) in [5.74, 6) is -0.0977. The van der Waals surface area contributed by atoms with Crippen molar-refractivity contribution < 1.29 is 4.79 Å². The number of nitrogens with zero attached hydrogens (tertiary/aromatic N) is 2. The Labute approximate surface area is 181 Å². The van der Waals surface area contributed by atoms with E-state index in [2.05, 4.69) is 41.6 Å². The number of carbonyl (C=O) groups is 1. The third-order valence-corrected chi connectivity index (χ3v) is 5.60. The van der Waals surface area contributed by atoms with Gasteiger partial charge in [-0.1, -0.05) is 61.0 Å². The number of carbonyl (C=O) groups excluding carboxylic acids is 1. The fourth-order valence-corrected chi connectivity index (χ4v) is 3.76. The second-order valence-electron chi connectivity index (χ2n) is 7.50. The minimum absolute atomic E-state index is 0.0736. The molecule has 1 atom stereocenters. The Morgan fingerprint density at radius 3 is 2.60 bits per heavy atom. The van der Waals surface area contributed by atoms with Crippen molar-refractivity contribution in [2.45, 2.75) is 32.9 Å². The molecule has 30 heavy (non-hydrogen) atoms. The van der Waals surface area contributed by atoms with Crippen molar-refractivity contribution in [3.63, 3.8) is 0 Å². The number of hydrogen-bond acceptors (Lipinski definition) is 2. The van der Waals surface area contributed by atoms with Crippen molar-refractivity contribution in [1.29, 1.82) is 0 Å². The van der Waals surface area contributed by atoms with Gasteiger partial charge in [-0.3, -0.25) is 9.48 Å². The van der Waals surface area contributed by atoms with Crippen LogP contribution in [-0.2, 0) is 13.0 Å². The summed E-state index contributed by atoms with van der Waals surface area (Å²) in [5.41, 5.74) is 4.98. The molecule has 152 valence electrons. The van der Waals surface area contributed by atoms with Crippen LogP contribution in [0, 0.1) is 0 Å². The quantitative estimate of drug-likeness (QED) is 0.431. The molecule has 4 aromatic rings. The molecule has 3 aromatic carbocycles. The number of fused-ring (bicyclic) bond motifs is 1. The van der Waals surface area contributed by atoms with E-state index in [0.29, 0.717) is 17.1 Å². The molecule has 5 heteroatoms. The third kappa shape index (κ3) is 4.39. The lowest BCUT2D eigenvalue weighted by Crippen LogP contribution is -2.26. The topological polar surface area (TPSA) is 46.9 Å². The van der Waals surface area contributed by atoms with E-state index in [1.807, 2.05) is 60.3 Å². The van der Waals surface area contributed by atoms with Crippen LogP contribution in [0.15, 0.2) is 72.9 Å². The molecule has 1 N–H and O–H groups in total. The summed E-state index contributed by atoms with van der Waals surface area (Å²) in [5, 5.41) is 9.28. The molecule has 0 radical (unpaired) electrons. The summed E-state index contributed by atoms with van der Waals surface area (Å²) < 4.78 is 1.89. The van der Waals surface area contributed by atoms with Gasteiger partial charge in [0, 0.05) is 16.0 Å².